The molecule has 2 saturated heterocycles. The first-order valence-corrected chi connectivity index (χ1v) is 9.81. The normalized spacial score (nSPS) is 23.2. The second-order valence-corrected chi connectivity index (χ2v) is 7.72. The van der Waals surface area contributed by atoms with Gasteiger partial charge in [-0.15, -0.1) is 0 Å². The summed E-state index contributed by atoms with van der Waals surface area (Å²) in [6.45, 7) is 12.3. The van der Waals surface area contributed by atoms with Gasteiger partial charge < -0.3 is 14.2 Å². The molecule has 142 valence electrons. The molecule has 2 fully saturated rings. The minimum atomic E-state index is 0.722. The van der Waals surface area contributed by atoms with Gasteiger partial charge in [0.2, 0.25) is 0 Å². The van der Waals surface area contributed by atoms with Gasteiger partial charge in [-0.1, -0.05) is 0 Å². The average Bonchev–Trinajstić information content (AvgIpc) is 3.07. The Morgan fingerprint density at radius 2 is 1.88 bits per heavy atom. The minimum absolute atomic E-state index is 0.722. The van der Waals surface area contributed by atoms with Crippen LogP contribution in [0.2, 0.25) is 0 Å². The van der Waals surface area contributed by atoms with E-state index in [1.807, 2.05) is 6.20 Å². The SMILES string of the molecule is COCCn1ccnc1CN1CCC([C@@H](C)N2CCN(C)CC2)CC1. The molecule has 1 atom stereocenters. The smallest absolute Gasteiger partial charge is 0.122 e. The Labute approximate surface area is 152 Å². The fraction of sp³-hybridized carbons (Fsp3) is 0.842. The average molecular weight is 350 g/mol. The first-order chi connectivity index (χ1) is 12.2. The maximum Gasteiger partial charge on any atom is 0.122 e. The van der Waals surface area contributed by atoms with Crippen LogP contribution < -0.4 is 0 Å². The summed E-state index contributed by atoms with van der Waals surface area (Å²) < 4.78 is 7.42. The van der Waals surface area contributed by atoms with Crippen LogP contribution in [0.15, 0.2) is 12.4 Å². The molecule has 2 aliphatic rings. The van der Waals surface area contributed by atoms with Gasteiger partial charge in [0.25, 0.3) is 0 Å². The number of imidazole rings is 1. The lowest BCUT2D eigenvalue weighted by Crippen LogP contribution is -2.51. The summed E-state index contributed by atoms with van der Waals surface area (Å²) in [6, 6.07) is 0.722. The molecule has 1 aromatic rings. The summed E-state index contributed by atoms with van der Waals surface area (Å²) in [5.74, 6) is 2.01. The summed E-state index contributed by atoms with van der Waals surface area (Å²) in [4.78, 5) is 12.3. The number of piperazine rings is 1. The van der Waals surface area contributed by atoms with E-state index in [1.54, 1.807) is 7.11 Å². The van der Waals surface area contributed by atoms with Crippen molar-refractivity contribution >= 4 is 0 Å². The van der Waals surface area contributed by atoms with Crippen LogP contribution in [0.4, 0.5) is 0 Å². The molecule has 0 radical (unpaired) electrons. The number of ether oxygens (including phenoxy) is 1. The van der Waals surface area contributed by atoms with E-state index in [9.17, 15) is 0 Å². The number of likely N-dealkylation sites (N-methyl/N-ethyl adjacent to an activating group) is 1. The van der Waals surface area contributed by atoms with Crippen LogP contribution in [0.5, 0.6) is 0 Å². The molecule has 3 rings (SSSR count). The fourth-order valence-corrected chi connectivity index (χ4v) is 4.21. The predicted octanol–water partition coefficient (Wildman–Crippen LogP) is 1.38. The summed E-state index contributed by atoms with van der Waals surface area (Å²) in [6.07, 6.45) is 6.60. The third-order valence-corrected chi connectivity index (χ3v) is 6.13. The summed E-state index contributed by atoms with van der Waals surface area (Å²) in [7, 11) is 3.99. The first-order valence-electron chi connectivity index (χ1n) is 9.81. The Hall–Kier alpha value is -0.950. The lowest BCUT2D eigenvalue weighted by molar-refractivity contribution is 0.0590. The van der Waals surface area contributed by atoms with E-state index in [4.69, 9.17) is 4.74 Å². The lowest BCUT2D eigenvalue weighted by atomic mass is 9.89. The molecule has 6 nitrogen and oxygen atoms in total. The number of piperidine rings is 1. The molecule has 0 saturated carbocycles. The van der Waals surface area contributed by atoms with Crippen LogP contribution in [-0.4, -0.2) is 90.3 Å². The van der Waals surface area contributed by atoms with Gasteiger partial charge in [-0.05, 0) is 45.8 Å². The van der Waals surface area contributed by atoms with Crippen molar-refractivity contribution in [3.05, 3.63) is 18.2 Å². The second kappa shape index (κ2) is 9.12. The first kappa shape index (κ1) is 18.8. The van der Waals surface area contributed by atoms with Crippen molar-refractivity contribution < 1.29 is 4.74 Å². The standard InChI is InChI=1S/C19H35N5O/c1-17(23-12-10-21(2)11-13-23)18-4-7-22(8-5-18)16-19-20-6-9-24(19)14-15-25-3/h6,9,17-18H,4-5,7-8,10-16H2,1-3H3/t17-/m1/s1. The number of nitrogens with zero attached hydrogens (tertiary/aromatic N) is 5. The summed E-state index contributed by atoms with van der Waals surface area (Å²) in [5.41, 5.74) is 0. The summed E-state index contributed by atoms with van der Waals surface area (Å²) in [5, 5.41) is 0. The Morgan fingerprint density at radius 3 is 2.56 bits per heavy atom. The van der Waals surface area contributed by atoms with Crippen LogP contribution in [0.3, 0.4) is 0 Å². The molecule has 1 aromatic heterocycles. The number of methoxy groups -OCH3 is 1. The third kappa shape index (κ3) is 5.03. The highest BCUT2D eigenvalue weighted by atomic mass is 16.5. The summed E-state index contributed by atoms with van der Waals surface area (Å²) >= 11 is 0. The minimum Gasteiger partial charge on any atom is -0.383 e. The van der Waals surface area contributed by atoms with Gasteiger partial charge >= 0.3 is 0 Å². The van der Waals surface area contributed by atoms with Gasteiger partial charge in [-0.2, -0.15) is 0 Å². The van der Waals surface area contributed by atoms with Crippen molar-refractivity contribution in [1.29, 1.82) is 0 Å². The van der Waals surface area contributed by atoms with Gasteiger partial charge in [0, 0.05) is 58.3 Å². The van der Waals surface area contributed by atoms with E-state index in [0.717, 1.165) is 31.7 Å². The van der Waals surface area contributed by atoms with Crippen molar-refractivity contribution in [2.75, 3.05) is 60.0 Å². The van der Waals surface area contributed by atoms with E-state index >= 15 is 0 Å². The second-order valence-electron chi connectivity index (χ2n) is 7.72. The molecule has 6 heteroatoms. The molecular weight excluding hydrogens is 314 g/mol. The van der Waals surface area contributed by atoms with Crippen LogP contribution in [-0.2, 0) is 17.8 Å². The quantitative estimate of drug-likeness (QED) is 0.743. The maximum atomic E-state index is 5.19. The van der Waals surface area contributed by atoms with Gasteiger partial charge in [-0.25, -0.2) is 4.98 Å². The molecule has 0 N–H and O–H groups in total. The molecule has 0 aromatic carbocycles. The maximum absolute atomic E-state index is 5.19. The molecule has 0 bridgehead atoms. The highest BCUT2D eigenvalue weighted by Crippen LogP contribution is 2.25. The van der Waals surface area contributed by atoms with Gasteiger partial charge in [0.15, 0.2) is 0 Å². The topological polar surface area (TPSA) is 36.8 Å². The zero-order valence-corrected chi connectivity index (χ0v) is 16.2. The Bertz CT molecular complexity index is 504. The van der Waals surface area contributed by atoms with Gasteiger partial charge in [0.1, 0.15) is 5.82 Å². The van der Waals surface area contributed by atoms with Crippen molar-refractivity contribution in [2.45, 2.75) is 38.9 Å². The predicted molar refractivity (Wildman–Crippen MR) is 101 cm³/mol. The number of rotatable bonds is 7. The number of hydrogen-bond acceptors (Lipinski definition) is 5. The van der Waals surface area contributed by atoms with Crippen LogP contribution in [0.25, 0.3) is 0 Å². The van der Waals surface area contributed by atoms with E-state index in [1.165, 1.54) is 57.9 Å². The molecule has 3 heterocycles. The van der Waals surface area contributed by atoms with E-state index in [-0.39, 0.29) is 0 Å². The zero-order chi connectivity index (χ0) is 17.6. The van der Waals surface area contributed by atoms with Crippen LogP contribution >= 0.6 is 0 Å². The molecule has 2 aliphatic heterocycles. The molecule has 25 heavy (non-hydrogen) atoms. The molecular formula is C19H35N5O. The monoisotopic (exact) mass is 349 g/mol. The molecule has 0 spiro atoms. The van der Waals surface area contributed by atoms with Gasteiger partial charge in [0.05, 0.1) is 13.2 Å². The highest BCUT2D eigenvalue weighted by Gasteiger charge is 2.29. The number of hydrogen-bond donors (Lipinski definition) is 0. The number of likely N-dealkylation sites (tertiary alicyclic amines) is 1. The largest absolute Gasteiger partial charge is 0.383 e. The van der Waals surface area contributed by atoms with Crippen molar-refractivity contribution in [3.63, 3.8) is 0 Å². The van der Waals surface area contributed by atoms with E-state index < -0.39 is 0 Å². The third-order valence-electron chi connectivity index (χ3n) is 6.13. The Balaban J connectivity index is 1.45. The zero-order valence-electron chi connectivity index (χ0n) is 16.2. The van der Waals surface area contributed by atoms with E-state index in [2.05, 4.69) is 44.4 Å². The van der Waals surface area contributed by atoms with E-state index in [0.29, 0.717) is 0 Å². The molecule has 0 amide bonds. The molecule has 0 aliphatic carbocycles. The number of aromatic nitrogens is 2. The Morgan fingerprint density at radius 1 is 1.16 bits per heavy atom. The van der Waals surface area contributed by atoms with Gasteiger partial charge in [-0.3, -0.25) is 9.80 Å². The lowest BCUT2D eigenvalue weighted by Gasteiger charge is -2.42. The highest BCUT2D eigenvalue weighted by molar-refractivity contribution is 4.94. The van der Waals surface area contributed by atoms with Crippen LogP contribution in [0, 0.1) is 5.92 Å². The van der Waals surface area contributed by atoms with Crippen LogP contribution in [0.1, 0.15) is 25.6 Å². The van der Waals surface area contributed by atoms with Crippen molar-refractivity contribution in [3.8, 4) is 0 Å². The van der Waals surface area contributed by atoms with Crippen molar-refractivity contribution in [2.24, 2.45) is 5.92 Å². The fourth-order valence-electron chi connectivity index (χ4n) is 4.21. The Kier molecular flexibility index (Phi) is 6.87. The molecule has 0 unspecified atom stereocenters. The van der Waals surface area contributed by atoms with Crippen molar-refractivity contribution in [1.82, 2.24) is 24.3 Å².